The molecule has 0 radical (unpaired) electrons. The van der Waals surface area contributed by atoms with Gasteiger partial charge in [0.1, 0.15) is 5.82 Å². The molecule has 2 amide bonds. The first-order valence-corrected chi connectivity index (χ1v) is 5.95. The predicted molar refractivity (Wildman–Crippen MR) is 66.0 cm³/mol. The maximum Gasteiger partial charge on any atom is 0.324 e. The number of hydrogen-bond donors (Lipinski definition) is 0. The van der Waals surface area contributed by atoms with Crippen molar-refractivity contribution in [1.82, 2.24) is 4.90 Å². The average molecular weight is 257 g/mol. The van der Waals surface area contributed by atoms with Crippen LogP contribution >= 0.6 is 11.6 Å². The van der Waals surface area contributed by atoms with E-state index in [1.165, 1.54) is 23.1 Å². The van der Waals surface area contributed by atoms with E-state index in [9.17, 15) is 9.18 Å². The van der Waals surface area contributed by atoms with Crippen LogP contribution in [0.15, 0.2) is 18.2 Å². The topological polar surface area (TPSA) is 23.6 Å². The molecule has 1 fully saturated rings. The van der Waals surface area contributed by atoms with Crippen LogP contribution in [0.5, 0.6) is 0 Å². The molecule has 3 nitrogen and oxygen atoms in total. The highest BCUT2D eigenvalue weighted by molar-refractivity contribution is 6.33. The molecule has 17 heavy (non-hydrogen) atoms. The summed E-state index contributed by atoms with van der Waals surface area (Å²) >= 11 is 5.92. The number of likely N-dealkylation sites (tertiary alicyclic amines) is 1. The quantitative estimate of drug-likeness (QED) is 0.757. The zero-order valence-corrected chi connectivity index (χ0v) is 10.4. The van der Waals surface area contributed by atoms with Gasteiger partial charge in [0.2, 0.25) is 0 Å². The van der Waals surface area contributed by atoms with Gasteiger partial charge in [0.05, 0.1) is 10.7 Å². The molecule has 0 saturated carbocycles. The van der Waals surface area contributed by atoms with Crippen LogP contribution in [0, 0.1) is 5.82 Å². The summed E-state index contributed by atoms with van der Waals surface area (Å²) in [6.07, 6.45) is 2.08. The van der Waals surface area contributed by atoms with Crippen molar-refractivity contribution < 1.29 is 9.18 Å². The lowest BCUT2D eigenvalue weighted by atomic mass is 10.3. The number of carbonyl (C=O) groups excluding carboxylic acids is 1. The lowest BCUT2D eigenvalue weighted by molar-refractivity contribution is 0.217. The van der Waals surface area contributed by atoms with E-state index in [0.29, 0.717) is 5.69 Å². The number of carbonyl (C=O) groups is 1. The van der Waals surface area contributed by atoms with E-state index in [0.717, 1.165) is 25.9 Å². The lowest BCUT2D eigenvalue weighted by Crippen LogP contribution is -2.39. The Morgan fingerprint density at radius 3 is 2.65 bits per heavy atom. The third-order valence-electron chi connectivity index (χ3n) is 2.93. The van der Waals surface area contributed by atoms with Crippen LogP contribution in [0.2, 0.25) is 5.02 Å². The minimum Gasteiger partial charge on any atom is -0.324 e. The molecule has 1 heterocycles. The summed E-state index contributed by atoms with van der Waals surface area (Å²) in [7, 11) is 1.65. The summed E-state index contributed by atoms with van der Waals surface area (Å²) in [4.78, 5) is 15.3. The maximum absolute atomic E-state index is 12.9. The van der Waals surface area contributed by atoms with Gasteiger partial charge in [-0.15, -0.1) is 0 Å². The van der Waals surface area contributed by atoms with Crippen molar-refractivity contribution in [2.75, 3.05) is 25.0 Å². The van der Waals surface area contributed by atoms with Gasteiger partial charge in [0.25, 0.3) is 0 Å². The normalized spacial score (nSPS) is 15.1. The summed E-state index contributed by atoms with van der Waals surface area (Å²) in [6, 6.07) is 3.95. The summed E-state index contributed by atoms with van der Waals surface area (Å²) in [5.41, 5.74) is 0.532. The van der Waals surface area contributed by atoms with Gasteiger partial charge < -0.3 is 4.90 Å². The van der Waals surface area contributed by atoms with Gasteiger partial charge in [0.15, 0.2) is 0 Å². The van der Waals surface area contributed by atoms with Crippen molar-refractivity contribution in [3.05, 3.63) is 29.0 Å². The van der Waals surface area contributed by atoms with Gasteiger partial charge >= 0.3 is 6.03 Å². The van der Waals surface area contributed by atoms with Crippen LogP contribution in [0.1, 0.15) is 12.8 Å². The number of rotatable bonds is 1. The Hall–Kier alpha value is -1.29. The zero-order valence-electron chi connectivity index (χ0n) is 9.62. The second-order valence-corrected chi connectivity index (χ2v) is 4.54. The highest BCUT2D eigenvalue weighted by atomic mass is 35.5. The largest absolute Gasteiger partial charge is 0.324 e. The Balaban J connectivity index is 2.18. The smallest absolute Gasteiger partial charge is 0.324 e. The minimum absolute atomic E-state index is 0.0870. The van der Waals surface area contributed by atoms with Crippen LogP contribution < -0.4 is 4.90 Å². The van der Waals surface area contributed by atoms with E-state index in [1.807, 2.05) is 0 Å². The van der Waals surface area contributed by atoms with Gasteiger partial charge in [0, 0.05) is 20.1 Å². The van der Waals surface area contributed by atoms with Crippen molar-refractivity contribution in [2.24, 2.45) is 0 Å². The lowest BCUT2D eigenvalue weighted by Gasteiger charge is -2.25. The molecule has 1 aliphatic heterocycles. The first-order chi connectivity index (χ1) is 8.09. The van der Waals surface area contributed by atoms with Crippen molar-refractivity contribution >= 4 is 23.3 Å². The number of benzene rings is 1. The number of anilines is 1. The monoisotopic (exact) mass is 256 g/mol. The zero-order chi connectivity index (χ0) is 12.4. The van der Waals surface area contributed by atoms with Crippen molar-refractivity contribution in [3.8, 4) is 0 Å². The van der Waals surface area contributed by atoms with E-state index in [4.69, 9.17) is 11.6 Å². The fourth-order valence-electron chi connectivity index (χ4n) is 1.98. The molecule has 0 atom stereocenters. The molecule has 2 rings (SSSR count). The molecule has 0 aromatic heterocycles. The summed E-state index contributed by atoms with van der Waals surface area (Å²) in [6.45, 7) is 1.56. The molecule has 1 aliphatic rings. The van der Waals surface area contributed by atoms with Crippen molar-refractivity contribution in [3.63, 3.8) is 0 Å². The number of nitrogens with zero attached hydrogens (tertiary/aromatic N) is 2. The number of hydrogen-bond acceptors (Lipinski definition) is 1. The van der Waals surface area contributed by atoms with Gasteiger partial charge in [-0.1, -0.05) is 11.6 Å². The molecular formula is C12H14ClFN2O. The molecule has 0 bridgehead atoms. The Labute approximate surface area is 105 Å². The Morgan fingerprint density at radius 1 is 1.41 bits per heavy atom. The summed E-state index contributed by atoms with van der Waals surface area (Å²) in [5.74, 6) is -0.402. The average Bonchev–Trinajstić information content (AvgIpc) is 2.80. The number of halogens is 2. The van der Waals surface area contributed by atoms with Crippen LogP contribution in [-0.2, 0) is 0 Å². The molecule has 1 aromatic carbocycles. The number of amides is 2. The van der Waals surface area contributed by atoms with Crippen molar-refractivity contribution in [2.45, 2.75) is 12.8 Å². The molecule has 0 unspecified atom stereocenters. The molecule has 92 valence electrons. The second kappa shape index (κ2) is 4.92. The van der Waals surface area contributed by atoms with Crippen molar-refractivity contribution in [1.29, 1.82) is 0 Å². The van der Waals surface area contributed by atoms with Gasteiger partial charge in [-0.05, 0) is 31.0 Å². The summed E-state index contributed by atoms with van der Waals surface area (Å²) in [5, 5.41) is 0.250. The first-order valence-electron chi connectivity index (χ1n) is 5.57. The Bertz CT molecular complexity index is 433. The van der Waals surface area contributed by atoms with E-state index < -0.39 is 5.82 Å². The summed E-state index contributed by atoms with van der Waals surface area (Å²) < 4.78 is 12.9. The molecule has 0 aliphatic carbocycles. The van der Waals surface area contributed by atoms with E-state index >= 15 is 0 Å². The standard InChI is InChI=1S/C12H14ClFN2O/c1-15(12(17)16-6-2-3-7-16)11-5-4-9(14)8-10(11)13/h4-5,8H,2-3,6-7H2,1H3. The van der Waals surface area contributed by atoms with Crippen LogP contribution in [0.25, 0.3) is 0 Å². The highest BCUT2D eigenvalue weighted by Gasteiger charge is 2.23. The Kier molecular flexibility index (Phi) is 3.52. The van der Waals surface area contributed by atoms with Gasteiger partial charge in [-0.25, -0.2) is 9.18 Å². The molecule has 1 aromatic rings. The second-order valence-electron chi connectivity index (χ2n) is 4.13. The fourth-order valence-corrected chi connectivity index (χ4v) is 2.27. The van der Waals surface area contributed by atoms with Gasteiger partial charge in [-0.2, -0.15) is 0 Å². The third-order valence-corrected chi connectivity index (χ3v) is 3.24. The Morgan fingerprint density at radius 2 is 2.06 bits per heavy atom. The van der Waals surface area contributed by atoms with E-state index in [1.54, 1.807) is 11.9 Å². The van der Waals surface area contributed by atoms with Crippen LogP contribution in [0.3, 0.4) is 0 Å². The van der Waals surface area contributed by atoms with E-state index in [-0.39, 0.29) is 11.1 Å². The predicted octanol–water partition coefficient (Wildman–Crippen LogP) is 3.13. The number of urea groups is 1. The highest BCUT2D eigenvalue weighted by Crippen LogP contribution is 2.26. The van der Waals surface area contributed by atoms with Gasteiger partial charge in [-0.3, -0.25) is 4.90 Å². The minimum atomic E-state index is -0.402. The SMILES string of the molecule is CN(C(=O)N1CCCC1)c1ccc(F)cc1Cl. The van der Waals surface area contributed by atoms with Crippen LogP contribution in [-0.4, -0.2) is 31.1 Å². The fraction of sp³-hybridized carbons (Fsp3) is 0.417. The first kappa shape index (κ1) is 12.2. The maximum atomic E-state index is 12.9. The van der Waals surface area contributed by atoms with E-state index in [2.05, 4.69) is 0 Å². The molecule has 0 spiro atoms. The molecular weight excluding hydrogens is 243 g/mol. The molecule has 1 saturated heterocycles. The molecule has 5 heteroatoms. The third kappa shape index (κ3) is 2.52. The van der Waals surface area contributed by atoms with Crippen LogP contribution in [0.4, 0.5) is 14.9 Å². The molecule has 0 N–H and O–H groups in total.